The van der Waals surface area contributed by atoms with Gasteiger partial charge < -0.3 is 15.1 Å². The molecule has 0 aromatic carbocycles. The number of halogens is 1. The zero-order chi connectivity index (χ0) is 16.2. The summed E-state index contributed by atoms with van der Waals surface area (Å²) in [4.78, 5) is 8.46. The molecular formula is C15H25IN6O. The van der Waals surface area contributed by atoms with E-state index in [1.807, 2.05) is 19.4 Å². The number of hydrogen-bond acceptors (Lipinski definition) is 4. The summed E-state index contributed by atoms with van der Waals surface area (Å²) < 4.78 is 7.51. The average molecular weight is 432 g/mol. The number of rotatable bonds is 4. The summed E-state index contributed by atoms with van der Waals surface area (Å²) in [6.45, 7) is 7.44. The van der Waals surface area contributed by atoms with E-state index in [1.165, 1.54) is 0 Å². The van der Waals surface area contributed by atoms with Gasteiger partial charge in [0.25, 0.3) is 0 Å². The zero-order valence-corrected chi connectivity index (χ0v) is 16.6. The molecule has 0 bridgehead atoms. The highest BCUT2D eigenvalue weighted by molar-refractivity contribution is 14.0. The summed E-state index contributed by atoms with van der Waals surface area (Å²) in [5.74, 6) is 2.22. The van der Waals surface area contributed by atoms with Crippen molar-refractivity contribution in [3.63, 3.8) is 0 Å². The predicted molar refractivity (Wildman–Crippen MR) is 101 cm³/mol. The van der Waals surface area contributed by atoms with Crippen LogP contribution < -0.4 is 10.6 Å². The third-order valence-corrected chi connectivity index (χ3v) is 3.14. The molecule has 0 saturated carbocycles. The van der Waals surface area contributed by atoms with Crippen LogP contribution in [0, 0.1) is 0 Å². The second-order valence-corrected chi connectivity index (χ2v) is 6.17. The molecule has 2 aromatic heterocycles. The molecule has 0 fully saturated rings. The van der Waals surface area contributed by atoms with E-state index in [0.29, 0.717) is 24.9 Å². The summed E-state index contributed by atoms with van der Waals surface area (Å²) in [5, 5.41) is 10.5. The van der Waals surface area contributed by atoms with E-state index < -0.39 is 0 Å². The van der Waals surface area contributed by atoms with Gasteiger partial charge in [-0.3, -0.25) is 9.67 Å². The van der Waals surface area contributed by atoms with Gasteiger partial charge >= 0.3 is 0 Å². The SMILES string of the molecule is CN=C(NCc1cnn(C)c1)NCc1ncc(C(C)(C)C)o1.I. The number of oxazole rings is 1. The molecule has 0 aliphatic carbocycles. The normalized spacial score (nSPS) is 12.0. The smallest absolute Gasteiger partial charge is 0.213 e. The molecule has 0 spiro atoms. The largest absolute Gasteiger partial charge is 0.443 e. The van der Waals surface area contributed by atoms with Gasteiger partial charge in [-0.15, -0.1) is 24.0 Å². The summed E-state index contributed by atoms with van der Waals surface area (Å²) in [5.41, 5.74) is 1.06. The molecule has 23 heavy (non-hydrogen) atoms. The first-order chi connectivity index (χ1) is 10.4. The van der Waals surface area contributed by atoms with E-state index in [9.17, 15) is 0 Å². The Morgan fingerprint density at radius 2 is 1.96 bits per heavy atom. The summed E-state index contributed by atoms with van der Waals surface area (Å²) in [6, 6.07) is 0. The monoisotopic (exact) mass is 432 g/mol. The number of nitrogens with one attached hydrogen (secondary N) is 2. The topological polar surface area (TPSA) is 80.3 Å². The maximum absolute atomic E-state index is 5.74. The van der Waals surface area contributed by atoms with Crippen molar-refractivity contribution in [2.24, 2.45) is 12.0 Å². The number of aryl methyl sites for hydroxylation is 1. The van der Waals surface area contributed by atoms with E-state index in [-0.39, 0.29) is 29.4 Å². The Hall–Kier alpha value is -1.58. The van der Waals surface area contributed by atoms with Crippen LogP contribution in [0.5, 0.6) is 0 Å². The van der Waals surface area contributed by atoms with E-state index in [2.05, 4.69) is 46.5 Å². The van der Waals surface area contributed by atoms with Crippen LogP contribution >= 0.6 is 24.0 Å². The van der Waals surface area contributed by atoms with Crippen LogP contribution in [0.2, 0.25) is 0 Å². The van der Waals surface area contributed by atoms with Gasteiger partial charge in [0.1, 0.15) is 5.76 Å². The van der Waals surface area contributed by atoms with Crippen LogP contribution in [0.25, 0.3) is 0 Å². The van der Waals surface area contributed by atoms with Crippen LogP contribution in [-0.2, 0) is 25.6 Å². The highest BCUT2D eigenvalue weighted by atomic mass is 127. The van der Waals surface area contributed by atoms with Gasteiger partial charge in [-0.2, -0.15) is 5.10 Å². The van der Waals surface area contributed by atoms with Crippen molar-refractivity contribution in [1.82, 2.24) is 25.4 Å². The van der Waals surface area contributed by atoms with E-state index >= 15 is 0 Å². The molecule has 0 radical (unpaired) electrons. The molecule has 2 heterocycles. The van der Waals surface area contributed by atoms with E-state index in [4.69, 9.17) is 4.42 Å². The minimum atomic E-state index is -0.0362. The number of aromatic nitrogens is 3. The van der Waals surface area contributed by atoms with Crippen molar-refractivity contribution in [2.45, 2.75) is 39.3 Å². The summed E-state index contributed by atoms with van der Waals surface area (Å²) >= 11 is 0. The molecule has 0 aliphatic rings. The van der Waals surface area contributed by atoms with Crippen LogP contribution in [0.4, 0.5) is 0 Å². The molecule has 0 amide bonds. The zero-order valence-electron chi connectivity index (χ0n) is 14.3. The van der Waals surface area contributed by atoms with Crippen LogP contribution in [0.3, 0.4) is 0 Å². The molecule has 0 atom stereocenters. The molecule has 0 aliphatic heterocycles. The lowest BCUT2D eigenvalue weighted by Crippen LogP contribution is -2.36. The van der Waals surface area contributed by atoms with Crippen molar-refractivity contribution in [3.8, 4) is 0 Å². The second-order valence-electron chi connectivity index (χ2n) is 6.17. The maximum Gasteiger partial charge on any atom is 0.213 e. The van der Waals surface area contributed by atoms with Gasteiger partial charge in [0.2, 0.25) is 5.89 Å². The van der Waals surface area contributed by atoms with Crippen LogP contribution in [0.1, 0.15) is 38.0 Å². The van der Waals surface area contributed by atoms with Crippen LogP contribution in [-0.4, -0.2) is 27.8 Å². The summed E-state index contributed by atoms with van der Waals surface area (Å²) in [7, 11) is 3.63. The number of nitrogens with zero attached hydrogens (tertiary/aromatic N) is 4. The average Bonchev–Trinajstić information content (AvgIpc) is 3.07. The van der Waals surface area contributed by atoms with Crippen molar-refractivity contribution in [3.05, 3.63) is 35.8 Å². The second kappa shape index (κ2) is 8.32. The molecule has 8 heteroatoms. The Bertz CT molecular complexity index is 640. The van der Waals surface area contributed by atoms with Gasteiger partial charge in [0.05, 0.1) is 18.9 Å². The highest BCUT2D eigenvalue weighted by Gasteiger charge is 2.19. The highest BCUT2D eigenvalue weighted by Crippen LogP contribution is 2.22. The standard InChI is InChI=1S/C15H24N6O.HI/c1-15(2,3)12-8-17-13(22-12)9-19-14(16-4)18-6-11-7-20-21(5)10-11;/h7-8,10H,6,9H2,1-5H3,(H2,16,18,19);1H. The minimum absolute atomic E-state index is 0. The first-order valence-corrected chi connectivity index (χ1v) is 7.25. The minimum Gasteiger partial charge on any atom is -0.443 e. The van der Waals surface area contributed by atoms with Gasteiger partial charge in [-0.1, -0.05) is 20.8 Å². The first kappa shape index (κ1) is 19.5. The fourth-order valence-electron chi connectivity index (χ4n) is 1.87. The quantitative estimate of drug-likeness (QED) is 0.440. The van der Waals surface area contributed by atoms with E-state index in [0.717, 1.165) is 11.3 Å². The van der Waals surface area contributed by atoms with Crippen molar-refractivity contribution in [1.29, 1.82) is 0 Å². The Morgan fingerprint density at radius 3 is 2.48 bits per heavy atom. The van der Waals surface area contributed by atoms with Gasteiger partial charge in [0, 0.05) is 37.8 Å². The van der Waals surface area contributed by atoms with Gasteiger partial charge in [0.15, 0.2) is 5.96 Å². The lowest BCUT2D eigenvalue weighted by Gasteiger charge is -2.13. The number of aliphatic imine (C=N–C) groups is 1. The molecule has 0 saturated heterocycles. The van der Waals surface area contributed by atoms with Crippen molar-refractivity contribution in [2.75, 3.05) is 7.05 Å². The molecule has 2 N–H and O–H groups in total. The fourth-order valence-corrected chi connectivity index (χ4v) is 1.87. The molecule has 0 unspecified atom stereocenters. The lowest BCUT2D eigenvalue weighted by molar-refractivity contribution is 0.379. The van der Waals surface area contributed by atoms with E-state index in [1.54, 1.807) is 17.9 Å². The van der Waals surface area contributed by atoms with Crippen molar-refractivity contribution >= 4 is 29.9 Å². The third-order valence-electron chi connectivity index (χ3n) is 3.14. The Morgan fingerprint density at radius 1 is 1.26 bits per heavy atom. The first-order valence-electron chi connectivity index (χ1n) is 7.25. The fraction of sp³-hybridized carbons (Fsp3) is 0.533. The van der Waals surface area contributed by atoms with Gasteiger partial charge in [-0.05, 0) is 0 Å². The molecular weight excluding hydrogens is 407 g/mol. The predicted octanol–water partition coefficient (Wildman–Crippen LogP) is 2.19. The molecule has 128 valence electrons. The molecule has 7 nitrogen and oxygen atoms in total. The number of hydrogen-bond donors (Lipinski definition) is 2. The Kier molecular flexibility index (Phi) is 7.04. The van der Waals surface area contributed by atoms with Gasteiger partial charge in [-0.25, -0.2) is 4.98 Å². The van der Waals surface area contributed by atoms with Crippen molar-refractivity contribution < 1.29 is 4.42 Å². The molecule has 2 rings (SSSR count). The maximum atomic E-state index is 5.74. The Labute approximate surface area is 154 Å². The third kappa shape index (κ3) is 5.85. The lowest BCUT2D eigenvalue weighted by atomic mass is 9.94. The molecule has 2 aromatic rings. The Balaban J connectivity index is 0.00000264. The van der Waals surface area contributed by atoms with Crippen LogP contribution in [0.15, 0.2) is 28.0 Å². The summed E-state index contributed by atoms with van der Waals surface area (Å²) in [6.07, 6.45) is 5.57. The number of guanidine groups is 1.